The van der Waals surface area contributed by atoms with E-state index in [0.717, 1.165) is 0 Å². The van der Waals surface area contributed by atoms with Crippen LogP contribution in [-0.2, 0) is 0 Å². The molecule has 2 rings (SSSR count). The van der Waals surface area contributed by atoms with Gasteiger partial charge in [-0.2, -0.15) is 4.99 Å². The fourth-order valence-corrected chi connectivity index (χ4v) is 1.07. The summed E-state index contributed by atoms with van der Waals surface area (Å²) in [5.41, 5.74) is 5.50. The van der Waals surface area contributed by atoms with Gasteiger partial charge in [0.05, 0.1) is 0 Å². The summed E-state index contributed by atoms with van der Waals surface area (Å²) in [4.78, 5) is 15.3. The first-order chi connectivity index (χ1) is 5.27. The Kier molecular flexibility index (Phi) is 1.25. The summed E-state index contributed by atoms with van der Waals surface area (Å²) in [6, 6.07) is -0.308. The van der Waals surface area contributed by atoms with Crippen molar-refractivity contribution in [2.75, 3.05) is 0 Å². The number of hydrogen-bond donors (Lipinski definition) is 1. The van der Waals surface area contributed by atoms with Gasteiger partial charge in [0.1, 0.15) is 12.2 Å². The van der Waals surface area contributed by atoms with E-state index in [1.54, 1.807) is 0 Å². The molecule has 11 heavy (non-hydrogen) atoms. The molecule has 5 nitrogen and oxygen atoms in total. The molecule has 0 bridgehead atoms. The van der Waals surface area contributed by atoms with Crippen molar-refractivity contribution in [3.8, 4) is 0 Å². The van der Waals surface area contributed by atoms with Gasteiger partial charge in [-0.1, -0.05) is 0 Å². The summed E-state index contributed by atoms with van der Waals surface area (Å²) < 4.78 is 0. The van der Waals surface area contributed by atoms with E-state index in [4.69, 9.17) is 17.3 Å². The molecule has 2 N–H and O–H groups in total. The monoisotopic (exact) mass is 169 g/mol. The zero-order valence-corrected chi connectivity index (χ0v) is 6.15. The summed E-state index contributed by atoms with van der Waals surface area (Å²) in [6.07, 6.45) is 1.40. The Hall–Kier alpha value is -1.23. The van der Waals surface area contributed by atoms with Crippen LogP contribution in [0, 0.1) is 0 Å². The summed E-state index contributed by atoms with van der Waals surface area (Å²) in [7, 11) is 0. The average molecular weight is 170 g/mol. The molecule has 56 valence electrons. The number of rotatable bonds is 0. The number of halogens is 1. The molecule has 0 amide bonds. The minimum Gasteiger partial charge on any atom is -0.385 e. The van der Waals surface area contributed by atoms with Gasteiger partial charge >= 0.3 is 0 Å². The maximum atomic E-state index is 5.52. The lowest BCUT2D eigenvalue weighted by atomic mass is 10.2. The molecule has 0 aromatic carbocycles. The highest BCUT2D eigenvalue weighted by atomic mass is 35.5. The van der Waals surface area contributed by atoms with Gasteiger partial charge < -0.3 is 5.73 Å². The summed E-state index contributed by atoms with van der Waals surface area (Å²) in [5, 5.41) is 0.114. The number of hydrogen-bond acceptors (Lipinski definition) is 5. The second-order valence-corrected chi connectivity index (χ2v) is 2.41. The van der Waals surface area contributed by atoms with Crippen LogP contribution in [0.3, 0.4) is 0 Å². The summed E-state index contributed by atoms with van der Waals surface area (Å²) >= 11 is 5.52. The van der Waals surface area contributed by atoms with E-state index in [-0.39, 0.29) is 11.3 Å². The molecular weight excluding hydrogens is 166 g/mol. The smallest absolute Gasteiger partial charge is 0.225 e. The highest BCUT2D eigenvalue weighted by Crippen LogP contribution is 2.10. The Labute approximate surface area is 67.4 Å². The van der Waals surface area contributed by atoms with E-state index in [9.17, 15) is 0 Å². The predicted octanol–water partition coefficient (Wildman–Crippen LogP) is -0.239. The van der Waals surface area contributed by atoms with Crippen molar-refractivity contribution in [3.05, 3.63) is 0 Å². The van der Waals surface area contributed by atoms with Gasteiger partial charge in [-0.15, -0.1) is 0 Å². The largest absolute Gasteiger partial charge is 0.385 e. The molecule has 1 unspecified atom stereocenters. The normalized spacial score (nSPS) is 27.4. The molecule has 0 aromatic rings. The molecule has 0 aromatic heterocycles. The second-order valence-electron chi connectivity index (χ2n) is 2.07. The number of fused-ring (bicyclic) bond motifs is 1. The summed E-state index contributed by atoms with van der Waals surface area (Å²) in [6.45, 7) is 0. The average Bonchev–Trinajstić information content (AvgIpc) is 2.34. The first-order valence-electron chi connectivity index (χ1n) is 2.95. The molecule has 6 heteroatoms. The van der Waals surface area contributed by atoms with Gasteiger partial charge in [-0.3, -0.25) is 4.99 Å². The third-order valence-electron chi connectivity index (χ3n) is 1.36. The lowest BCUT2D eigenvalue weighted by Gasteiger charge is -2.10. The molecule has 0 aliphatic carbocycles. The fourth-order valence-electron chi connectivity index (χ4n) is 0.882. The van der Waals surface area contributed by atoms with Gasteiger partial charge in [-0.05, 0) is 11.6 Å². The second kappa shape index (κ2) is 2.13. The first-order valence-corrected chi connectivity index (χ1v) is 3.33. The van der Waals surface area contributed by atoms with Crippen LogP contribution in [0.1, 0.15) is 0 Å². The maximum Gasteiger partial charge on any atom is 0.225 e. The molecule has 0 radical (unpaired) electrons. The zero-order valence-electron chi connectivity index (χ0n) is 5.40. The third-order valence-corrected chi connectivity index (χ3v) is 1.53. The van der Waals surface area contributed by atoms with Crippen LogP contribution in [0.25, 0.3) is 0 Å². The third kappa shape index (κ3) is 0.932. The Morgan fingerprint density at radius 3 is 3.09 bits per heavy atom. The molecule has 2 aliphatic heterocycles. The van der Waals surface area contributed by atoms with E-state index in [0.29, 0.717) is 11.7 Å². The molecule has 0 spiro atoms. The SMILES string of the molecule is NC1=NC(Cl)=NC2=NC=NC12. The van der Waals surface area contributed by atoms with Crippen molar-refractivity contribution in [2.45, 2.75) is 6.04 Å². The fraction of sp³-hybridized carbons (Fsp3) is 0.200. The van der Waals surface area contributed by atoms with Crippen LogP contribution in [0.2, 0.25) is 0 Å². The molecule has 1 atom stereocenters. The number of nitrogens with zero attached hydrogens (tertiary/aromatic N) is 4. The van der Waals surface area contributed by atoms with Crippen LogP contribution in [-0.4, -0.2) is 29.3 Å². The standard InChI is InChI=1S/C5H4ClN5/c6-5-10-3(7)2-4(11-5)9-1-8-2/h1-2H,(H2,7,8,9,10,11). The Morgan fingerprint density at radius 1 is 1.45 bits per heavy atom. The lowest BCUT2D eigenvalue weighted by Crippen LogP contribution is -2.35. The van der Waals surface area contributed by atoms with Gasteiger partial charge in [0.2, 0.25) is 5.29 Å². The minimum atomic E-state index is -0.308. The highest BCUT2D eigenvalue weighted by molar-refractivity contribution is 6.67. The van der Waals surface area contributed by atoms with Crippen LogP contribution in [0.15, 0.2) is 20.0 Å². The van der Waals surface area contributed by atoms with Gasteiger partial charge in [0.25, 0.3) is 0 Å². The van der Waals surface area contributed by atoms with E-state index in [1.807, 2.05) is 0 Å². The van der Waals surface area contributed by atoms with Gasteiger partial charge in [-0.25, -0.2) is 9.98 Å². The van der Waals surface area contributed by atoms with Crippen molar-refractivity contribution < 1.29 is 0 Å². The van der Waals surface area contributed by atoms with E-state index >= 15 is 0 Å². The minimum absolute atomic E-state index is 0.114. The van der Waals surface area contributed by atoms with E-state index in [1.165, 1.54) is 6.34 Å². The van der Waals surface area contributed by atoms with Crippen LogP contribution in [0.5, 0.6) is 0 Å². The topological polar surface area (TPSA) is 75.5 Å². The van der Waals surface area contributed by atoms with Crippen molar-refractivity contribution in [1.29, 1.82) is 0 Å². The van der Waals surface area contributed by atoms with Crippen molar-refractivity contribution >= 4 is 34.9 Å². The number of nitrogens with two attached hydrogens (primary N) is 1. The molecule has 0 saturated heterocycles. The van der Waals surface area contributed by atoms with Crippen molar-refractivity contribution in [2.24, 2.45) is 25.7 Å². The van der Waals surface area contributed by atoms with E-state index in [2.05, 4.69) is 20.0 Å². The molecule has 0 saturated carbocycles. The van der Waals surface area contributed by atoms with Crippen LogP contribution >= 0.6 is 11.6 Å². The molecule has 0 fully saturated rings. The van der Waals surface area contributed by atoms with E-state index < -0.39 is 0 Å². The summed E-state index contributed by atoms with van der Waals surface area (Å²) in [5.74, 6) is 0.861. The molecule has 2 aliphatic rings. The Bertz CT molecular complexity index is 313. The van der Waals surface area contributed by atoms with Crippen molar-refractivity contribution in [3.63, 3.8) is 0 Å². The molecular formula is C5H4ClN5. The van der Waals surface area contributed by atoms with Crippen molar-refractivity contribution in [1.82, 2.24) is 0 Å². The van der Waals surface area contributed by atoms with Crippen LogP contribution in [0.4, 0.5) is 0 Å². The first kappa shape index (κ1) is 6.48. The number of amidine groups is 3. The Morgan fingerprint density at radius 2 is 2.27 bits per heavy atom. The quantitative estimate of drug-likeness (QED) is 0.500. The predicted molar refractivity (Wildman–Crippen MR) is 44.6 cm³/mol. The zero-order chi connectivity index (χ0) is 7.84. The highest BCUT2D eigenvalue weighted by Gasteiger charge is 2.25. The van der Waals surface area contributed by atoms with Gasteiger partial charge in [0, 0.05) is 0 Å². The maximum absolute atomic E-state index is 5.52. The Balaban J connectivity index is 2.45. The lowest BCUT2D eigenvalue weighted by molar-refractivity contribution is 1.12. The molecule has 2 heterocycles. The van der Waals surface area contributed by atoms with Gasteiger partial charge in [0.15, 0.2) is 11.9 Å². The number of aliphatic imine (C=N–C) groups is 4. The van der Waals surface area contributed by atoms with Crippen LogP contribution < -0.4 is 5.73 Å².